The maximum atomic E-state index is 11.0. The Balaban J connectivity index is 0. The SMILES string of the molecule is CCCCCCOC(C)(CS(=O)(=O)[O-])OCCCCCC.[Na+]. The predicted octanol–water partition coefficient (Wildman–Crippen LogP) is 0.446. The van der Waals surface area contributed by atoms with Gasteiger partial charge in [-0.15, -0.1) is 0 Å². The molecule has 22 heavy (non-hydrogen) atoms. The van der Waals surface area contributed by atoms with E-state index >= 15 is 0 Å². The van der Waals surface area contributed by atoms with E-state index in [0.717, 1.165) is 51.4 Å². The summed E-state index contributed by atoms with van der Waals surface area (Å²) in [6.07, 6.45) is 8.26. The maximum Gasteiger partial charge on any atom is 1.00 e. The first kappa shape index (κ1) is 25.1. The van der Waals surface area contributed by atoms with Gasteiger partial charge in [-0.3, -0.25) is 0 Å². The summed E-state index contributed by atoms with van der Waals surface area (Å²) in [5.41, 5.74) is 0. The largest absolute Gasteiger partial charge is 1.00 e. The molecule has 0 N–H and O–H groups in total. The van der Waals surface area contributed by atoms with E-state index in [1.54, 1.807) is 6.92 Å². The van der Waals surface area contributed by atoms with E-state index in [1.165, 1.54) is 0 Å². The zero-order chi connectivity index (χ0) is 16.2. The van der Waals surface area contributed by atoms with Crippen LogP contribution in [0.25, 0.3) is 0 Å². The van der Waals surface area contributed by atoms with Gasteiger partial charge in [0.1, 0.15) is 0 Å². The molecule has 0 aliphatic rings. The molecular formula is C15H31NaO5S. The monoisotopic (exact) mass is 346 g/mol. The Morgan fingerprint density at radius 3 is 1.59 bits per heavy atom. The average Bonchev–Trinajstić information content (AvgIpc) is 2.36. The van der Waals surface area contributed by atoms with Crippen molar-refractivity contribution >= 4 is 10.1 Å². The fraction of sp³-hybridized carbons (Fsp3) is 1.00. The summed E-state index contributed by atoms with van der Waals surface area (Å²) < 4.78 is 44.1. The second kappa shape index (κ2) is 14.2. The van der Waals surface area contributed by atoms with Gasteiger partial charge >= 0.3 is 29.6 Å². The summed E-state index contributed by atoms with van der Waals surface area (Å²) in [4.78, 5) is 0. The predicted molar refractivity (Wildman–Crippen MR) is 83.2 cm³/mol. The molecule has 0 saturated heterocycles. The van der Waals surface area contributed by atoms with Crippen LogP contribution in [0.1, 0.15) is 72.1 Å². The van der Waals surface area contributed by atoms with Gasteiger partial charge in [0.15, 0.2) is 5.79 Å². The maximum absolute atomic E-state index is 11.0. The van der Waals surface area contributed by atoms with Gasteiger partial charge in [-0.05, 0) is 19.8 Å². The summed E-state index contributed by atoms with van der Waals surface area (Å²) >= 11 is 0. The van der Waals surface area contributed by atoms with Gasteiger partial charge in [-0.25, -0.2) is 8.42 Å². The van der Waals surface area contributed by atoms with Crippen molar-refractivity contribution in [3.8, 4) is 0 Å². The molecule has 0 aliphatic carbocycles. The van der Waals surface area contributed by atoms with Crippen molar-refractivity contribution in [1.82, 2.24) is 0 Å². The molecule has 128 valence electrons. The molecule has 0 heterocycles. The number of rotatable bonds is 14. The zero-order valence-corrected chi connectivity index (χ0v) is 17.5. The van der Waals surface area contributed by atoms with Gasteiger partial charge in [-0.1, -0.05) is 52.4 Å². The minimum Gasteiger partial charge on any atom is -0.748 e. The fourth-order valence-electron chi connectivity index (χ4n) is 2.08. The van der Waals surface area contributed by atoms with E-state index < -0.39 is 21.7 Å². The Kier molecular flexibility index (Phi) is 16.2. The van der Waals surface area contributed by atoms with Gasteiger partial charge in [0.2, 0.25) is 0 Å². The Morgan fingerprint density at radius 2 is 1.27 bits per heavy atom. The Bertz CT molecular complexity index is 332. The molecule has 0 aromatic heterocycles. The Labute approximate surface area is 158 Å². The van der Waals surface area contributed by atoms with Gasteiger partial charge in [-0.2, -0.15) is 0 Å². The molecule has 0 unspecified atom stereocenters. The third-order valence-electron chi connectivity index (χ3n) is 3.25. The second-order valence-corrected chi connectivity index (χ2v) is 7.06. The molecule has 0 rings (SSSR count). The minimum atomic E-state index is -4.38. The standard InChI is InChI=1S/C15H32O5S.Na/c1-4-6-8-10-12-19-15(3,14-21(16,17)18)20-13-11-9-7-5-2;/h4-14H2,1-3H3,(H,16,17,18);/q;+1/p-1. The van der Waals surface area contributed by atoms with Crippen LogP contribution in [0.3, 0.4) is 0 Å². The van der Waals surface area contributed by atoms with Gasteiger partial charge in [0.25, 0.3) is 0 Å². The van der Waals surface area contributed by atoms with Crippen molar-refractivity contribution < 1.29 is 52.0 Å². The van der Waals surface area contributed by atoms with Crippen molar-refractivity contribution in [2.24, 2.45) is 0 Å². The molecule has 0 aromatic carbocycles. The average molecular weight is 346 g/mol. The summed E-state index contributed by atoms with van der Waals surface area (Å²) in [6, 6.07) is 0. The van der Waals surface area contributed by atoms with Gasteiger partial charge in [0, 0.05) is 0 Å². The normalized spacial score (nSPS) is 12.2. The number of hydrogen-bond donors (Lipinski definition) is 0. The van der Waals surface area contributed by atoms with Crippen molar-refractivity contribution in [3.63, 3.8) is 0 Å². The quantitative estimate of drug-likeness (QED) is 0.197. The van der Waals surface area contributed by atoms with Crippen LogP contribution in [-0.2, 0) is 19.6 Å². The first-order valence-electron chi connectivity index (χ1n) is 8.04. The summed E-state index contributed by atoms with van der Waals surface area (Å²) in [5.74, 6) is -1.96. The topological polar surface area (TPSA) is 75.7 Å². The zero-order valence-electron chi connectivity index (χ0n) is 14.7. The molecule has 0 bridgehead atoms. The van der Waals surface area contributed by atoms with Crippen molar-refractivity contribution in [2.75, 3.05) is 19.0 Å². The van der Waals surface area contributed by atoms with Gasteiger partial charge < -0.3 is 14.0 Å². The Morgan fingerprint density at radius 1 is 0.864 bits per heavy atom. The van der Waals surface area contributed by atoms with E-state index in [4.69, 9.17) is 9.47 Å². The van der Waals surface area contributed by atoms with Crippen LogP contribution in [0.2, 0.25) is 0 Å². The molecule has 0 amide bonds. The number of unbranched alkanes of at least 4 members (excludes halogenated alkanes) is 6. The van der Waals surface area contributed by atoms with Crippen LogP contribution < -0.4 is 29.6 Å². The summed E-state index contributed by atoms with van der Waals surface area (Å²) in [7, 11) is -4.38. The molecule has 0 radical (unpaired) electrons. The summed E-state index contributed by atoms with van der Waals surface area (Å²) in [6.45, 7) is 6.62. The molecular weight excluding hydrogens is 315 g/mol. The first-order chi connectivity index (χ1) is 9.83. The smallest absolute Gasteiger partial charge is 0.748 e. The Hall–Kier alpha value is 0.830. The molecule has 7 heteroatoms. The molecule has 5 nitrogen and oxygen atoms in total. The van der Waals surface area contributed by atoms with E-state index in [2.05, 4.69) is 13.8 Å². The van der Waals surface area contributed by atoms with E-state index in [0.29, 0.717) is 13.2 Å². The van der Waals surface area contributed by atoms with Gasteiger partial charge in [0.05, 0.1) is 29.1 Å². The fourth-order valence-corrected chi connectivity index (χ4v) is 2.89. The van der Waals surface area contributed by atoms with Crippen molar-refractivity contribution in [2.45, 2.75) is 77.9 Å². The van der Waals surface area contributed by atoms with Crippen LogP contribution >= 0.6 is 0 Å². The van der Waals surface area contributed by atoms with Crippen molar-refractivity contribution in [3.05, 3.63) is 0 Å². The van der Waals surface area contributed by atoms with E-state index in [1.807, 2.05) is 0 Å². The molecule has 0 atom stereocenters. The molecule has 0 aliphatic heterocycles. The van der Waals surface area contributed by atoms with Crippen LogP contribution in [0.4, 0.5) is 0 Å². The van der Waals surface area contributed by atoms with Crippen molar-refractivity contribution in [1.29, 1.82) is 0 Å². The number of ether oxygens (including phenoxy) is 2. The molecule has 0 spiro atoms. The van der Waals surface area contributed by atoms with Crippen LogP contribution in [0, 0.1) is 0 Å². The van der Waals surface area contributed by atoms with Crippen LogP contribution in [-0.4, -0.2) is 37.7 Å². The molecule has 0 aromatic rings. The summed E-state index contributed by atoms with van der Waals surface area (Å²) in [5, 5.41) is 0. The third-order valence-corrected chi connectivity index (χ3v) is 4.13. The minimum absolute atomic E-state index is 0. The van der Waals surface area contributed by atoms with E-state index in [-0.39, 0.29) is 29.6 Å². The van der Waals surface area contributed by atoms with Crippen LogP contribution in [0.15, 0.2) is 0 Å². The van der Waals surface area contributed by atoms with E-state index in [9.17, 15) is 13.0 Å². The van der Waals surface area contributed by atoms with Crippen LogP contribution in [0.5, 0.6) is 0 Å². The first-order valence-corrected chi connectivity index (χ1v) is 9.62. The number of hydrogen-bond acceptors (Lipinski definition) is 5. The third kappa shape index (κ3) is 15.7. The second-order valence-electron chi connectivity index (χ2n) is 5.65. The molecule has 0 fully saturated rings. The molecule has 0 saturated carbocycles.